The molecule has 50 heavy (non-hydrogen) atoms. The van der Waals surface area contributed by atoms with Crippen molar-refractivity contribution in [3.63, 3.8) is 0 Å². The number of rotatable bonds is 20. The zero-order valence-corrected chi connectivity index (χ0v) is 37.6. The summed E-state index contributed by atoms with van der Waals surface area (Å²) in [4.78, 5) is 0. The fourth-order valence-electron chi connectivity index (χ4n) is 8.19. The van der Waals surface area contributed by atoms with Crippen molar-refractivity contribution in [1.29, 1.82) is 0 Å². The van der Waals surface area contributed by atoms with Crippen molar-refractivity contribution in [2.75, 3.05) is 0 Å². The summed E-state index contributed by atoms with van der Waals surface area (Å²) in [5, 5.41) is 3.03. The third-order valence-corrected chi connectivity index (χ3v) is 28.8. The van der Waals surface area contributed by atoms with Gasteiger partial charge >= 0.3 is 0 Å². The van der Waals surface area contributed by atoms with Gasteiger partial charge in [0, 0.05) is 10.8 Å². The van der Waals surface area contributed by atoms with Crippen LogP contribution in [0.25, 0.3) is 0 Å². The molecular formula is C43H68O3Si4. The van der Waals surface area contributed by atoms with Crippen LogP contribution in [0.2, 0.25) is 38.3 Å². The summed E-state index contributed by atoms with van der Waals surface area (Å²) in [5.74, 6) is 0. The highest BCUT2D eigenvalue weighted by Crippen LogP contribution is 2.49. The van der Waals surface area contributed by atoms with E-state index in [0.29, 0.717) is 0 Å². The van der Waals surface area contributed by atoms with Crippen LogP contribution in [0.5, 0.6) is 0 Å². The molecule has 0 aliphatic carbocycles. The first-order valence-corrected chi connectivity index (χ1v) is 29.5. The SMILES string of the molecule is C=C[Si](C)(C)OC(CC)(CC)[Si](C)(OC(CC)(CC)C(CC)[Si](OC(C)(C)[Si](C)(C)C=C)(c1ccccc1)c1ccccc1)c1ccccc1. The second kappa shape index (κ2) is 16.7. The second-order valence-electron chi connectivity index (χ2n) is 15.9. The van der Waals surface area contributed by atoms with Crippen molar-refractivity contribution < 1.29 is 13.3 Å². The van der Waals surface area contributed by atoms with Crippen molar-refractivity contribution in [3.05, 3.63) is 116 Å². The van der Waals surface area contributed by atoms with Gasteiger partial charge in [-0.2, -0.15) is 0 Å². The molecule has 0 spiro atoms. The molecule has 2 atom stereocenters. The Labute approximate surface area is 311 Å². The Bertz CT molecular complexity index is 1460. The lowest BCUT2D eigenvalue weighted by Gasteiger charge is -2.58. The highest BCUT2D eigenvalue weighted by Gasteiger charge is 2.63. The number of hydrogen-bond donors (Lipinski definition) is 0. The molecule has 0 fully saturated rings. The van der Waals surface area contributed by atoms with Crippen molar-refractivity contribution >= 4 is 48.6 Å². The maximum Gasteiger partial charge on any atom is 0.261 e. The molecule has 0 amide bonds. The third kappa shape index (κ3) is 7.94. The highest BCUT2D eigenvalue weighted by atomic mass is 28.4. The summed E-state index contributed by atoms with van der Waals surface area (Å²) in [6.45, 7) is 36.6. The zero-order chi connectivity index (χ0) is 37.5. The van der Waals surface area contributed by atoms with Crippen LogP contribution < -0.4 is 15.6 Å². The molecule has 3 aromatic carbocycles. The van der Waals surface area contributed by atoms with Gasteiger partial charge in [0.25, 0.3) is 16.6 Å². The smallest absolute Gasteiger partial charge is 0.261 e. The van der Waals surface area contributed by atoms with Crippen LogP contribution in [0.1, 0.15) is 80.6 Å². The van der Waals surface area contributed by atoms with Crippen molar-refractivity contribution in [1.82, 2.24) is 0 Å². The molecule has 0 saturated heterocycles. The molecule has 3 aromatic rings. The van der Waals surface area contributed by atoms with Gasteiger partial charge in [0.15, 0.2) is 0 Å². The Kier molecular flexibility index (Phi) is 14.1. The molecule has 0 aromatic heterocycles. The van der Waals surface area contributed by atoms with Crippen LogP contribution in [-0.4, -0.2) is 49.1 Å². The fourth-order valence-corrected chi connectivity index (χ4v) is 23.0. The van der Waals surface area contributed by atoms with E-state index >= 15 is 0 Å². The first kappa shape index (κ1) is 42.3. The van der Waals surface area contributed by atoms with E-state index in [-0.39, 0.29) is 5.54 Å². The van der Waals surface area contributed by atoms with Gasteiger partial charge in [-0.05, 0) is 74.7 Å². The predicted octanol–water partition coefficient (Wildman–Crippen LogP) is 10.4. The molecule has 7 heteroatoms. The Morgan fingerprint density at radius 3 is 1.34 bits per heavy atom. The van der Waals surface area contributed by atoms with Gasteiger partial charge in [-0.1, -0.05) is 157 Å². The molecule has 0 saturated carbocycles. The van der Waals surface area contributed by atoms with Gasteiger partial charge in [-0.3, -0.25) is 0 Å². The van der Waals surface area contributed by atoms with Crippen LogP contribution in [0, 0.1) is 0 Å². The average molecular weight is 745 g/mol. The molecule has 3 rings (SSSR count). The number of benzene rings is 3. The van der Waals surface area contributed by atoms with Crippen LogP contribution in [-0.2, 0) is 13.3 Å². The van der Waals surface area contributed by atoms with Gasteiger partial charge in [-0.15, -0.1) is 13.2 Å². The van der Waals surface area contributed by atoms with E-state index < -0.39 is 49.1 Å². The van der Waals surface area contributed by atoms with Crippen LogP contribution >= 0.6 is 0 Å². The van der Waals surface area contributed by atoms with Crippen LogP contribution in [0.4, 0.5) is 0 Å². The lowest BCUT2D eigenvalue weighted by Crippen LogP contribution is -2.76. The summed E-state index contributed by atoms with van der Waals surface area (Å²) < 4.78 is 23.9. The summed E-state index contributed by atoms with van der Waals surface area (Å²) in [6.07, 6.45) is 4.39. The quantitative estimate of drug-likeness (QED) is 0.108. The summed E-state index contributed by atoms with van der Waals surface area (Å²) in [5.41, 5.74) is 3.87. The van der Waals surface area contributed by atoms with Crippen molar-refractivity contribution in [2.45, 2.75) is 135 Å². The minimum absolute atomic E-state index is 0.0929. The summed E-state index contributed by atoms with van der Waals surface area (Å²) in [6, 6.07) is 33.4. The van der Waals surface area contributed by atoms with Gasteiger partial charge in [0.2, 0.25) is 8.32 Å². The molecule has 0 aliphatic heterocycles. The van der Waals surface area contributed by atoms with Gasteiger partial charge in [0.05, 0.1) is 10.8 Å². The van der Waals surface area contributed by atoms with Gasteiger partial charge in [0.1, 0.15) is 8.07 Å². The normalized spacial score (nSPS) is 15.3. The van der Waals surface area contributed by atoms with Gasteiger partial charge < -0.3 is 13.3 Å². The maximum atomic E-state index is 8.32. The van der Waals surface area contributed by atoms with E-state index in [1.807, 2.05) is 0 Å². The van der Waals surface area contributed by atoms with Crippen molar-refractivity contribution in [2.24, 2.45) is 0 Å². The highest BCUT2D eigenvalue weighted by molar-refractivity contribution is 7.00. The molecule has 2 unspecified atom stereocenters. The Morgan fingerprint density at radius 2 is 1.00 bits per heavy atom. The molecule has 0 radical (unpaired) electrons. The minimum atomic E-state index is -3.11. The molecule has 0 aliphatic rings. The van der Waals surface area contributed by atoms with Gasteiger partial charge in [-0.25, -0.2) is 0 Å². The summed E-state index contributed by atoms with van der Waals surface area (Å²) >= 11 is 0. The van der Waals surface area contributed by atoms with E-state index in [0.717, 1.165) is 32.1 Å². The Hall–Kier alpha value is -2.11. The molecule has 0 N–H and O–H groups in total. The minimum Gasteiger partial charge on any atom is -0.408 e. The molecule has 0 heterocycles. The largest absolute Gasteiger partial charge is 0.408 e. The summed E-state index contributed by atoms with van der Waals surface area (Å²) in [7, 11) is -10.4. The average Bonchev–Trinajstić information content (AvgIpc) is 3.13. The Morgan fingerprint density at radius 1 is 0.580 bits per heavy atom. The maximum absolute atomic E-state index is 8.32. The first-order valence-electron chi connectivity index (χ1n) is 19.0. The van der Waals surface area contributed by atoms with Crippen LogP contribution in [0.3, 0.4) is 0 Å². The number of hydrogen-bond acceptors (Lipinski definition) is 3. The first-order chi connectivity index (χ1) is 23.5. The van der Waals surface area contributed by atoms with Crippen molar-refractivity contribution in [3.8, 4) is 0 Å². The molecule has 274 valence electrons. The third-order valence-electron chi connectivity index (χ3n) is 12.3. The monoisotopic (exact) mass is 744 g/mol. The van der Waals surface area contributed by atoms with E-state index in [2.05, 4.69) is 197 Å². The fraction of sp³-hybridized carbons (Fsp3) is 0.488. The van der Waals surface area contributed by atoms with E-state index in [9.17, 15) is 0 Å². The lowest BCUT2D eigenvalue weighted by molar-refractivity contribution is 0.00299. The standard InChI is InChI=1S/C43H68O3Si4/c1-15-40(50(38-33-27-23-28-34-38,39-35-29-24-30-36-39)44-41(8,9)47(10,11)20-6)42(16-2,17-3)45-49(14,37-31-25-22-26-32-37)43(18-4,19-5)46-48(12,13)21-7/h20-36,40H,6-7,15-19H2,1-5,8-14H3. The van der Waals surface area contributed by atoms with E-state index in [4.69, 9.17) is 13.3 Å². The lowest BCUT2D eigenvalue weighted by atomic mass is 9.91. The second-order valence-corrected chi connectivity index (χ2v) is 32.0. The van der Waals surface area contributed by atoms with E-state index in [1.165, 1.54) is 15.6 Å². The molecular weight excluding hydrogens is 677 g/mol. The molecule has 0 bridgehead atoms. The van der Waals surface area contributed by atoms with Crippen LogP contribution in [0.15, 0.2) is 116 Å². The predicted molar refractivity (Wildman–Crippen MR) is 229 cm³/mol. The van der Waals surface area contributed by atoms with E-state index in [1.54, 1.807) is 0 Å². The zero-order valence-electron chi connectivity index (χ0n) is 33.6. The molecule has 3 nitrogen and oxygen atoms in total. The topological polar surface area (TPSA) is 27.7 Å². The Balaban J connectivity index is 2.53.